The van der Waals surface area contributed by atoms with Crippen LogP contribution in [-0.2, 0) is 13.1 Å². The number of hydrogen-bond donors (Lipinski definition) is 0. The molecule has 4 heterocycles. The summed E-state index contributed by atoms with van der Waals surface area (Å²) in [7, 11) is 8.01. The van der Waals surface area contributed by atoms with E-state index in [0.717, 1.165) is 55.6 Å². The molecule has 0 saturated carbocycles. The number of pyridine rings is 2. The molecule has 2 radical (unpaired) electrons. The maximum Gasteiger partial charge on any atom is 0.251 e. The lowest BCUT2D eigenvalue weighted by atomic mass is 9.99. The van der Waals surface area contributed by atoms with Crippen LogP contribution in [0, 0.1) is 0 Å². The maximum absolute atomic E-state index is 12.8. The van der Waals surface area contributed by atoms with E-state index in [2.05, 4.69) is 9.88 Å². The van der Waals surface area contributed by atoms with Gasteiger partial charge in [-0.1, -0.05) is 0 Å². The predicted molar refractivity (Wildman–Crippen MR) is 136 cm³/mol. The topological polar surface area (TPSA) is 86.1 Å². The molecule has 5 rings (SSSR count). The lowest BCUT2D eigenvalue weighted by molar-refractivity contribution is 0.112. The first-order valence-corrected chi connectivity index (χ1v) is 12.2. The van der Waals surface area contributed by atoms with Crippen LogP contribution in [0.1, 0.15) is 28.9 Å². The van der Waals surface area contributed by atoms with Crippen molar-refractivity contribution in [3.63, 3.8) is 0 Å². The number of carbonyl (C=O) groups excluding carboxylic acids is 1. The van der Waals surface area contributed by atoms with Gasteiger partial charge in [-0.2, -0.15) is 0 Å². The van der Waals surface area contributed by atoms with Crippen LogP contribution < -0.4 is 19.8 Å². The molecule has 3 aromatic rings. The molecule has 36 heavy (non-hydrogen) atoms. The van der Waals surface area contributed by atoms with Gasteiger partial charge in [0.2, 0.25) is 0 Å². The van der Waals surface area contributed by atoms with Crippen molar-refractivity contribution in [3.05, 3.63) is 58.1 Å². The highest BCUT2D eigenvalue weighted by molar-refractivity contribution is 6.04. The molecule has 1 saturated heterocycles. The molecule has 2 aliphatic heterocycles. The number of fused-ring (bicyclic) bond motifs is 2. The SMILES string of the molecule is [B]N(Cc1cc2c(cn1)OCCO2)C1CCN(CCn2c(=O)cc(C=O)c3ccc(OC)cc32)CC1. The maximum atomic E-state index is 12.8. The van der Waals surface area contributed by atoms with E-state index >= 15 is 0 Å². The molecule has 0 N–H and O–H groups in total. The van der Waals surface area contributed by atoms with Crippen molar-refractivity contribution in [1.82, 2.24) is 19.3 Å². The zero-order chi connectivity index (χ0) is 25.1. The Kier molecular flexibility index (Phi) is 7.24. The first-order chi connectivity index (χ1) is 17.6. The van der Waals surface area contributed by atoms with E-state index in [4.69, 9.17) is 22.2 Å². The summed E-state index contributed by atoms with van der Waals surface area (Å²) in [4.78, 5) is 32.9. The lowest BCUT2D eigenvalue weighted by Gasteiger charge is -2.37. The summed E-state index contributed by atoms with van der Waals surface area (Å²) in [5.74, 6) is 2.04. The Bertz CT molecular complexity index is 1310. The van der Waals surface area contributed by atoms with Gasteiger partial charge in [0.05, 0.1) is 24.5 Å². The van der Waals surface area contributed by atoms with Crippen LogP contribution in [0.15, 0.2) is 41.3 Å². The monoisotopic (exact) mass is 488 g/mol. The Hall–Kier alpha value is -3.37. The third-order valence-electron chi connectivity index (χ3n) is 6.98. The van der Waals surface area contributed by atoms with E-state index in [0.29, 0.717) is 48.9 Å². The number of benzene rings is 1. The van der Waals surface area contributed by atoms with Gasteiger partial charge < -0.3 is 28.5 Å². The molecule has 0 bridgehead atoms. The van der Waals surface area contributed by atoms with Crippen LogP contribution in [0.3, 0.4) is 0 Å². The molecule has 0 amide bonds. The van der Waals surface area contributed by atoms with Crippen molar-refractivity contribution in [1.29, 1.82) is 0 Å². The van der Waals surface area contributed by atoms with E-state index in [1.54, 1.807) is 23.9 Å². The van der Waals surface area contributed by atoms with E-state index in [9.17, 15) is 9.59 Å². The third kappa shape index (κ3) is 5.10. The van der Waals surface area contributed by atoms with Crippen molar-refractivity contribution in [2.75, 3.05) is 40.0 Å². The van der Waals surface area contributed by atoms with Crippen LogP contribution >= 0.6 is 0 Å². The molecule has 186 valence electrons. The average molecular weight is 488 g/mol. The van der Waals surface area contributed by atoms with Crippen molar-refractivity contribution < 1.29 is 19.0 Å². The molecule has 10 heteroatoms. The summed E-state index contributed by atoms with van der Waals surface area (Å²) >= 11 is 0. The molecule has 0 aliphatic carbocycles. The summed E-state index contributed by atoms with van der Waals surface area (Å²) in [5.41, 5.74) is 1.77. The van der Waals surface area contributed by atoms with Gasteiger partial charge in [0.25, 0.3) is 5.56 Å². The summed E-state index contributed by atoms with van der Waals surface area (Å²) in [5, 5.41) is 0.746. The van der Waals surface area contributed by atoms with Crippen molar-refractivity contribution >= 4 is 25.2 Å². The molecule has 2 aromatic heterocycles. The van der Waals surface area contributed by atoms with Gasteiger partial charge in [0, 0.05) is 54.8 Å². The number of methoxy groups -OCH3 is 1. The van der Waals surface area contributed by atoms with Crippen molar-refractivity contribution in [2.45, 2.75) is 32.0 Å². The van der Waals surface area contributed by atoms with Crippen LogP contribution in [0.4, 0.5) is 0 Å². The third-order valence-corrected chi connectivity index (χ3v) is 6.98. The number of hydrogen-bond acceptors (Lipinski definition) is 8. The van der Waals surface area contributed by atoms with E-state index in [1.807, 2.05) is 23.0 Å². The Morgan fingerprint density at radius 2 is 1.92 bits per heavy atom. The molecular formula is C26H29BN4O5. The highest BCUT2D eigenvalue weighted by Crippen LogP contribution is 2.30. The minimum Gasteiger partial charge on any atom is -0.497 e. The van der Waals surface area contributed by atoms with Gasteiger partial charge in [-0.25, -0.2) is 0 Å². The Balaban J connectivity index is 1.19. The fraction of sp³-hybridized carbons (Fsp3) is 0.423. The molecule has 9 nitrogen and oxygen atoms in total. The van der Waals surface area contributed by atoms with Gasteiger partial charge in [0.1, 0.15) is 19.0 Å². The Labute approximate surface area is 211 Å². The first-order valence-electron chi connectivity index (χ1n) is 12.2. The fourth-order valence-corrected chi connectivity index (χ4v) is 4.95. The minimum absolute atomic E-state index is 0.187. The van der Waals surface area contributed by atoms with E-state index in [1.165, 1.54) is 6.07 Å². The predicted octanol–water partition coefficient (Wildman–Crippen LogP) is 2.04. The second-order valence-corrected chi connectivity index (χ2v) is 9.15. The molecular weight excluding hydrogens is 459 g/mol. The second kappa shape index (κ2) is 10.7. The number of nitrogens with zero attached hydrogens (tertiary/aromatic N) is 4. The zero-order valence-corrected chi connectivity index (χ0v) is 20.4. The molecule has 2 aliphatic rings. The van der Waals surface area contributed by atoms with Crippen LogP contribution in [0.25, 0.3) is 10.9 Å². The first kappa shape index (κ1) is 24.3. The summed E-state index contributed by atoms with van der Waals surface area (Å²) in [6, 6.07) is 8.99. The largest absolute Gasteiger partial charge is 0.497 e. The molecule has 0 spiro atoms. The molecule has 0 unspecified atom stereocenters. The lowest BCUT2D eigenvalue weighted by Crippen LogP contribution is -2.44. The summed E-state index contributed by atoms with van der Waals surface area (Å²) in [6.07, 6.45) is 4.27. The molecule has 1 fully saturated rings. The zero-order valence-electron chi connectivity index (χ0n) is 20.4. The number of rotatable bonds is 8. The van der Waals surface area contributed by atoms with E-state index < -0.39 is 0 Å². The normalized spacial score (nSPS) is 16.4. The molecule has 0 atom stereocenters. The summed E-state index contributed by atoms with van der Waals surface area (Å²) in [6.45, 7) is 4.64. The highest BCUT2D eigenvalue weighted by Gasteiger charge is 2.23. The smallest absolute Gasteiger partial charge is 0.251 e. The van der Waals surface area contributed by atoms with Gasteiger partial charge in [-0.3, -0.25) is 14.6 Å². The number of ether oxygens (including phenoxy) is 3. The van der Waals surface area contributed by atoms with Gasteiger partial charge in [-0.05, 0) is 38.1 Å². The van der Waals surface area contributed by atoms with Crippen molar-refractivity contribution in [3.8, 4) is 17.2 Å². The number of aldehydes is 1. The number of aromatic nitrogens is 2. The quantitative estimate of drug-likeness (QED) is 0.352. The van der Waals surface area contributed by atoms with Crippen LogP contribution in [0.5, 0.6) is 17.2 Å². The standard InChI is InChI=1S/C26H29BN4O5/c1-34-21-2-3-22-18(17-32)12-26(33)30(23(22)14-21)9-8-29-6-4-20(5-7-29)31(27)16-19-13-24-25(15-28-19)36-11-10-35-24/h2-3,12-15,17,20H,4-11,16H2,1H3. The van der Waals surface area contributed by atoms with Gasteiger partial charge in [0.15, 0.2) is 25.8 Å². The highest BCUT2D eigenvalue weighted by atomic mass is 16.6. The Morgan fingerprint density at radius 1 is 1.14 bits per heavy atom. The van der Waals surface area contributed by atoms with Crippen LogP contribution in [-0.4, -0.2) is 79.5 Å². The Morgan fingerprint density at radius 3 is 2.67 bits per heavy atom. The van der Waals surface area contributed by atoms with Gasteiger partial charge >= 0.3 is 0 Å². The number of carbonyl (C=O) groups is 1. The summed E-state index contributed by atoms with van der Waals surface area (Å²) < 4.78 is 18.3. The fourth-order valence-electron chi connectivity index (χ4n) is 4.95. The average Bonchev–Trinajstić information content (AvgIpc) is 2.92. The number of piperidine rings is 1. The van der Waals surface area contributed by atoms with E-state index in [-0.39, 0.29) is 11.6 Å². The number of likely N-dealkylation sites (tertiary alicyclic amines) is 1. The van der Waals surface area contributed by atoms with Crippen molar-refractivity contribution in [2.24, 2.45) is 0 Å². The van der Waals surface area contributed by atoms with Crippen LogP contribution in [0.2, 0.25) is 0 Å². The second-order valence-electron chi connectivity index (χ2n) is 9.15. The van der Waals surface area contributed by atoms with Gasteiger partial charge in [-0.15, -0.1) is 0 Å². The molecule has 1 aromatic carbocycles. The minimum atomic E-state index is -0.187.